The van der Waals surface area contributed by atoms with E-state index in [1.165, 1.54) is 129 Å². The lowest BCUT2D eigenvalue weighted by atomic mass is 9.82. The van der Waals surface area contributed by atoms with Crippen LogP contribution in [-0.4, -0.2) is 4.57 Å². The fourth-order valence-corrected chi connectivity index (χ4v) is 13.6. The summed E-state index contributed by atoms with van der Waals surface area (Å²) in [5.41, 5.74) is 18.3. The molecule has 7 aromatic carbocycles. The third-order valence-corrected chi connectivity index (χ3v) is 16.6. The van der Waals surface area contributed by atoms with E-state index in [1.54, 1.807) is 11.1 Å². The van der Waals surface area contributed by atoms with E-state index >= 15 is 0 Å². The molecule has 13 rings (SSSR count). The Labute approximate surface area is 360 Å². The van der Waals surface area contributed by atoms with Gasteiger partial charge in [-0.3, -0.25) is 0 Å². The largest absolute Gasteiger partial charge is 0.310 e. The summed E-state index contributed by atoms with van der Waals surface area (Å²) < 4.78 is 2.47. The molecule has 4 bridgehead atoms. The lowest BCUT2D eigenvalue weighted by Crippen LogP contribution is -2.17. The molecule has 5 aliphatic rings. The van der Waals surface area contributed by atoms with Crippen LogP contribution in [0.1, 0.15) is 99.3 Å². The van der Waals surface area contributed by atoms with Gasteiger partial charge in [-0.05, 0) is 185 Å². The average Bonchev–Trinajstić information content (AvgIpc) is 4.19. The fourth-order valence-electron chi connectivity index (χ4n) is 13.6. The van der Waals surface area contributed by atoms with E-state index in [9.17, 15) is 0 Å². The van der Waals surface area contributed by atoms with Gasteiger partial charge >= 0.3 is 0 Å². The van der Waals surface area contributed by atoms with Gasteiger partial charge in [-0.1, -0.05) is 118 Å². The predicted molar refractivity (Wildman–Crippen MR) is 255 cm³/mol. The highest BCUT2D eigenvalue weighted by atomic mass is 15.1. The van der Waals surface area contributed by atoms with Crippen LogP contribution >= 0.6 is 0 Å². The normalized spacial score (nSPS) is 24.2. The molecule has 0 amide bonds. The van der Waals surface area contributed by atoms with E-state index in [0.717, 1.165) is 35.5 Å². The van der Waals surface area contributed by atoms with Crippen LogP contribution in [0.25, 0.3) is 49.7 Å². The number of hydrogen-bond donors (Lipinski definition) is 0. The first kappa shape index (κ1) is 35.9. The Morgan fingerprint density at radius 2 is 1.08 bits per heavy atom. The summed E-state index contributed by atoms with van der Waals surface area (Å²) in [6, 6.07) is 60.6. The zero-order chi connectivity index (χ0) is 40.4. The summed E-state index contributed by atoms with van der Waals surface area (Å²) in [5.74, 6) is 5.11. The van der Waals surface area contributed by atoms with E-state index in [1.807, 2.05) is 0 Å². The second kappa shape index (κ2) is 13.6. The highest BCUT2D eigenvalue weighted by molar-refractivity contribution is 6.18. The van der Waals surface area contributed by atoms with E-state index in [-0.39, 0.29) is 5.41 Å². The standard InChI is InChI=1S/C59H54N2/c1-59(2)53-28-30-56-58(52-35-42(39-9-5-3-6-10-39)21-29-55(52)61(56)45-11-7-4-8-12-45)57(53)49-27-26-48(36-54(49)59)60(46-22-17-40(18-23-46)50-33-37-13-15-43(50)31-37)47-24-19-41(20-25-47)51-34-38-14-16-44(51)32-38/h3-12,17-30,35-38,43-44,50-51H,13-16,31-34H2,1-2H3. The number of hydrogen-bond acceptors (Lipinski definition) is 1. The number of nitrogens with zero attached hydrogens (tertiary/aromatic N) is 2. The van der Waals surface area contributed by atoms with Crippen LogP contribution in [0.15, 0.2) is 158 Å². The van der Waals surface area contributed by atoms with Gasteiger partial charge in [-0.2, -0.15) is 0 Å². The Kier molecular flexibility index (Phi) is 7.98. The van der Waals surface area contributed by atoms with Crippen molar-refractivity contribution >= 4 is 38.9 Å². The van der Waals surface area contributed by atoms with Crippen molar-refractivity contribution in [1.82, 2.24) is 4.57 Å². The van der Waals surface area contributed by atoms with Gasteiger partial charge in [-0.15, -0.1) is 0 Å². The van der Waals surface area contributed by atoms with E-state index in [0.29, 0.717) is 0 Å². The molecule has 6 atom stereocenters. The zero-order valence-electron chi connectivity index (χ0n) is 35.5. The predicted octanol–water partition coefficient (Wildman–Crippen LogP) is 16.0. The first-order valence-electron chi connectivity index (χ1n) is 23.3. The molecule has 2 heteroatoms. The SMILES string of the molecule is CC1(C)c2cc(N(c3ccc(C4CC5CCC4C5)cc3)c3ccc(C4CC5CCC4C5)cc3)ccc2-c2c1ccc1c2c2cc(-c3ccccc3)ccc2n1-c1ccccc1. The Morgan fingerprint density at radius 1 is 0.492 bits per heavy atom. The minimum atomic E-state index is -0.184. The summed E-state index contributed by atoms with van der Waals surface area (Å²) in [7, 11) is 0. The number of para-hydroxylation sites is 1. The van der Waals surface area contributed by atoms with Crippen molar-refractivity contribution in [3.8, 4) is 27.9 Å². The molecule has 0 aliphatic heterocycles. The molecule has 6 unspecified atom stereocenters. The van der Waals surface area contributed by atoms with Crippen LogP contribution < -0.4 is 4.90 Å². The molecule has 300 valence electrons. The number of benzene rings is 7. The molecule has 8 aromatic rings. The minimum Gasteiger partial charge on any atom is -0.310 e. The molecule has 4 fully saturated rings. The summed E-state index contributed by atoms with van der Waals surface area (Å²) in [5, 5.41) is 2.65. The Bertz CT molecular complexity index is 2900. The second-order valence-corrected chi connectivity index (χ2v) is 20.1. The molecule has 5 aliphatic carbocycles. The quantitative estimate of drug-likeness (QED) is 0.156. The Balaban J connectivity index is 0.964. The molecular formula is C59H54N2. The number of anilines is 3. The summed E-state index contributed by atoms with van der Waals surface area (Å²) in [6.07, 6.45) is 11.4. The topological polar surface area (TPSA) is 8.17 Å². The average molecular weight is 791 g/mol. The van der Waals surface area contributed by atoms with Gasteiger partial charge in [0.05, 0.1) is 11.0 Å². The summed E-state index contributed by atoms with van der Waals surface area (Å²) >= 11 is 0. The van der Waals surface area contributed by atoms with Crippen molar-refractivity contribution in [1.29, 1.82) is 0 Å². The number of fused-ring (bicyclic) bond motifs is 11. The van der Waals surface area contributed by atoms with Gasteiger partial charge in [0.25, 0.3) is 0 Å². The summed E-state index contributed by atoms with van der Waals surface area (Å²) in [4.78, 5) is 2.54. The molecule has 61 heavy (non-hydrogen) atoms. The van der Waals surface area contributed by atoms with Gasteiger partial charge < -0.3 is 9.47 Å². The lowest BCUT2D eigenvalue weighted by molar-refractivity contribution is 0.420. The molecule has 0 N–H and O–H groups in total. The van der Waals surface area contributed by atoms with E-state index in [4.69, 9.17) is 0 Å². The van der Waals surface area contributed by atoms with Crippen molar-refractivity contribution in [2.45, 2.75) is 82.5 Å². The molecular weight excluding hydrogens is 737 g/mol. The molecule has 0 radical (unpaired) electrons. The highest BCUT2D eigenvalue weighted by Gasteiger charge is 2.42. The summed E-state index contributed by atoms with van der Waals surface area (Å²) in [6.45, 7) is 4.88. The van der Waals surface area contributed by atoms with Gasteiger partial charge in [0, 0.05) is 38.9 Å². The highest BCUT2D eigenvalue weighted by Crippen LogP contribution is 2.57. The monoisotopic (exact) mass is 790 g/mol. The van der Waals surface area contributed by atoms with Gasteiger partial charge in [0.15, 0.2) is 0 Å². The molecule has 1 aromatic heterocycles. The minimum absolute atomic E-state index is 0.184. The van der Waals surface area contributed by atoms with E-state index < -0.39 is 0 Å². The smallest absolute Gasteiger partial charge is 0.0547 e. The van der Waals surface area contributed by atoms with Gasteiger partial charge in [0.2, 0.25) is 0 Å². The third kappa shape index (κ3) is 5.53. The van der Waals surface area contributed by atoms with Crippen LogP contribution in [0.2, 0.25) is 0 Å². The van der Waals surface area contributed by atoms with Crippen molar-refractivity contribution < 1.29 is 0 Å². The fraction of sp³-hybridized carbons (Fsp3) is 0.288. The van der Waals surface area contributed by atoms with Crippen LogP contribution in [-0.2, 0) is 5.41 Å². The van der Waals surface area contributed by atoms with Crippen LogP contribution in [0.4, 0.5) is 17.1 Å². The first-order valence-corrected chi connectivity index (χ1v) is 23.3. The van der Waals surface area contributed by atoms with E-state index in [2.05, 4.69) is 181 Å². The van der Waals surface area contributed by atoms with Crippen LogP contribution in [0.3, 0.4) is 0 Å². The Morgan fingerprint density at radius 3 is 1.67 bits per heavy atom. The van der Waals surface area contributed by atoms with Gasteiger partial charge in [-0.25, -0.2) is 0 Å². The van der Waals surface area contributed by atoms with Crippen molar-refractivity contribution in [3.05, 3.63) is 180 Å². The van der Waals surface area contributed by atoms with Crippen LogP contribution in [0.5, 0.6) is 0 Å². The zero-order valence-corrected chi connectivity index (χ0v) is 35.5. The molecule has 4 saturated carbocycles. The van der Waals surface area contributed by atoms with Crippen molar-refractivity contribution in [2.75, 3.05) is 4.90 Å². The third-order valence-electron chi connectivity index (χ3n) is 16.6. The molecule has 2 nitrogen and oxygen atoms in total. The Hall–Kier alpha value is -5.86. The first-order chi connectivity index (χ1) is 30.0. The lowest BCUT2D eigenvalue weighted by Gasteiger charge is -2.29. The molecule has 1 heterocycles. The number of aromatic nitrogens is 1. The van der Waals surface area contributed by atoms with Gasteiger partial charge in [0.1, 0.15) is 0 Å². The molecule has 0 spiro atoms. The second-order valence-electron chi connectivity index (χ2n) is 20.1. The molecule has 0 saturated heterocycles. The number of rotatable bonds is 7. The maximum Gasteiger partial charge on any atom is 0.0547 e. The maximum atomic E-state index is 2.54. The van der Waals surface area contributed by atoms with Crippen molar-refractivity contribution in [2.24, 2.45) is 23.7 Å². The maximum absolute atomic E-state index is 2.54. The van der Waals surface area contributed by atoms with Crippen LogP contribution in [0, 0.1) is 23.7 Å². The van der Waals surface area contributed by atoms with Crippen molar-refractivity contribution in [3.63, 3.8) is 0 Å².